The Morgan fingerprint density at radius 3 is 0.830 bits per heavy atom. The maximum Gasteiger partial charge on any atom is 0.472 e. The van der Waals surface area contributed by atoms with E-state index < -0.39 is 97.5 Å². The van der Waals surface area contributed by atoms with E-state index in [0.717, 1.165) is 193 Å². The van der Waals surface area contributed by atoms with Crippen LogP contribution in [0, 0.1) is 0 Å². The fraction of sp³-hybridized carbons (Fsp3) is 0.654. The van der Waals surface area contributed by atoms with Crippen molar-refractivity contribution in [2.45, 2.75) is 303 Å². The molecule has 0 rings (SSSR count). The van der Waals surface area contributed by atoms with Crippen molar-refractivity contribution in [2.75, 3.05) is 39.6 Å². The number of unbranched alkanes of at least 4 members (excludes halogenated alkanes) is 20. The molecule has 0 heterocycles. The lowest BCUT2D eigenvalue weighted by molar-refractivity contribution is -0.161. The molecule has 0 aliphatic carbocycles. The minimum absolute atomic E-state index is 0.0620. The lowest BCUT2D eigenvalue weighted by Crippen LogP contribution is -2.30. The molecule has 0 fully saturated rings. The lowest BCUT2D eigenvalue weighted by atomic mass is 10.1. The molecule has 0 aliphatic rings. The van der Waals surface area contributed by atoms with Gasteiger partial charge < -0.3 is 33.8 Å². The molecule has 0 saturated heterocycles. The second-order valence-electron chi connectivity index (χ2n) is 24.8. The van der Waals surface area contributed by atoms with Gasteiger partial charge >= 0.3 is 39.5 Å². The number of aliphatic hydroxyl groups is 1. The number of phosphoric ester groups is 2. The summed E-state index contributed by atoms with van der Waals surface area (Å²) >= 11 is 0. The Morgan fingerprint density at radius 2 is 0.520 bits per heavy atom. The van der Waals surface area contributed by atoms with Gasteiger partial charge in [0.2, 0.25) is 0 Å². The summed E-state index contributed by atoms with van der Waals surface area (Å²) < 4.78 is 68.4. The maximum absolute atomic E-state index is 13.1. The third-order valence-corrected chi connectivity index (χ3v) is 17.2. The first-order valence-corrected chi connectivity index (χ1v) is 41.1. The van der Waals surface area contributed by atoms with Crippen LogP contribution in [-0.2, 0) is 65.4 Å². The number of carbonyl (C=O) groups is 4. The largest absolute Gasteiger partial charge is 0.472 e. The van der Waals surface area contributed by atoms with Crippen LogP contribution in [0.1, 0.15) is 285 Å². The highest BCUT2D eigenvalue weighted by atomic mass is 31.2. The van der Waals surface area contributed by atoms with Crippen molar-refractivity contribution in [2.24, 2.45) is 0 Å². The highest BCUT2D eigenvalue weighted by molar-refractivity contribution is 7.47. The molecule has 0 aromatic carbocycles. The van der Waals surface area contributed by atoms with Crippen LogP contribution in [0.15, 0.2) is 146 Å². The molecule has 0 radical (unpaired) electrons. The van der Waals surface area contributed by atoms with Crippen molar-refractivity contribution in [3.63, 3.8) is 0 Å². The maximum atomic E-state index is 13.1. The van der Waals surface area contributed by atoms with Gasteiger partial charge in [-0.3, -0.25) is 37.3 Å². The number of allylic oxidation sites excluding steroid dienone is 24. The van der Waals surface area contributed by atoms with E-state index >= 15 is 0 Å². The summed E-state index contributed by atoms with van der Waals surface area (Å²) in [5, 5.41) is 10.6. The zero-order chi connectivity index (χ0) is 73.2. The van der Waals surface area contributed by atoms with Crippen molar-refractivity contribution in [3.05, 3.63) is 146 Å². The predicted molar refractivity (Wildman–Crippen MR) is 408 cm³/mol. The minimum atomic E-state index is -4.99. The average Bonchev–Trinajstić information content (AvgIpc) is 0.953. The summed E-state index contributed by atoms with van der Waals surface area (Å²) in [4.78, 5) is 72.8. The van der Waals surface area contributed by atoms with Crippen LogP contribution >= 0.6 is 15.6 Å². The molecule has 0 saturated carbocycles. The summed E-state index contributed by atoms with van der Waals surface area (Å²) in [5.41, 5.74) is 0. The third-order valence-electron chi connectivity index (χ3n) is 15.3. The standard InChI is InChI=1S/C81H134O17P2/c1-5-9-13-17-21-25-29-32-35-36-37-38-41-43-47-50-54-58-62-66-79(84)91-71-76(97-80(85)67-63-59-55-51-45-28-24-20-16-12-8-4)73-95-99(87,88)93-69-75(82)70-94-100(89,90)96-74-77(98-81(86)68-64-60-56-52-48-44-40-34-31-27-23-19-15-11-7-3)72-92-78(83)65-61-57-53-49-46-42-39-33-30-26-22-18-14-10-6-2/h9-11,13-15,20-27,32-35,37-40,46,49,75-77,82H,5-8,12,16-19,28-31,36,41-45,47-48,50-74H2,1-4H3,(H,87,88)(H,89,90)/b13-9-,14-10-,15-11-,24-20-,25-21-,26-22-,27-23-,35-32-,38-37-,39-33-,40-34-,49-46-. The first-order chi connectivity index (χ1) is 48.7. The van der Waals surface area contributed by atoms with Gasteiger partial charge in [0.15, 0.2) is 12.2 Å². The van der Waals surface area contributed by atoms with Crippen LogP contribution in [0.2, 0.25) is 0 Å². The average molecular weight is 1440 g/mol. The Kier molecular flexibility index (Phi) is 68.6. The van der Waals surface area contributed by atoms with E-state index in [4.69, 9.17) is 37.0 Å². The van der Waals surface area contributed by atoms with Gasteiger partial charge in [-0.25, -0.2) is 9.13 Å². The SMILES string of the molecule is CC/C=C\C/C=C\C/C=C\C/C=C\CCCCCCCCC(=O)OCC(COP(=O)(O)OCC(O)COP(=O)(O)OCC(COC(=O)CCCC/C=C\C/C=C\C/C=C\C/C=C\CC)OC(=O)CCCCCCC/C=C\C/C=C\C/C=C\CC)OC(=O)CCCCCCC/C=C\CCCC. The van der Waals surface area contributed by atoms with Crippen molar-refractivity contribution in [1.29, 1.82) is 0 Å². The molecule has 0 amide bonds. The Hall–Kier alpha value is -5.06. The van der Waals surface area contributed by atoms with Gasteiger partial charge in [-0.15, -0.1) is 0 Å². The summed E-state index contributed by atoms with van der Waals surface area (Å²) in [6, 6.07) is 0. The van der Waals surface area contributed by atoms with Crippen molar-refractivity contribution in [1.82, 2.24) is 0 Å². The Bertz CT molecular complexity index is 2470. The Labute approximate surface area is 605 Å². The number of esters is 4. The lowest BCUT2D eigenvalue weighted by Gasteiger charge is -2.21. The van der Waals surface area contributed by atoms with E-state index in [2.05, 4.69) is 174 Å². The van der Waals surface area contributed by atoms with E-state index in [1.54, 1.807) is 0 Å². The smallest absolute Gasteiger partial charge is 0.462 e. The molecule has 0 aromatic rings. The molecule has 100 heavy (non-hydrogen) atoms. The summed E-state index contributed by atoms with van der Waals surface area (Å²) in [6.07, 6.45) is 81.3. The monoisotopic (exact) mass is 1440 g/mol. The molecule has 0 aliphatic heterocycles. The number of rotatable bonds is 70. The molecular weight excluding hydrogens is 1310 g/mol. The second kappa shape index (κ2) is 72.3. The number of ether oxygens (including phenoxy) is 4. The summed E-state index contributed by atoms with van der Waals surface area (Å²) in [5.74, 6) is -2.27. The van der Waals surface area contributed by atoms with Crippen molar-refractivity contribution >= 4 is 39.5 Å². The molecule has 0 aromatic heterocycles. The van der Waals surface area contributed by atoms with Crippen LogP contribution in [0.5, 0.6) is 0 Å². The van der Waals surface area contributed by atoms with Crippen LogP contribution in [0.25, 0.3) is 0 Å². The van der Waals surface area contributed by atoms with Crippen molar-refractivity contribution < 1.29 is 80.2 Å². The van der Waals surface area contributed by atoms with Crippen molar-refractivity contribution in [3.8, 4) is 0 Å². The van der Waals surface area contributed by atoms with Gasteiger partial charge in [-0.1, -0.05) is 251 Å². The van der Waals surface area contributed by atoms with Gasteiger partial charge in [0.05, 0.1) is 26.4 Å². The highest BCUT2D eigenvalue weighted by Crippen LogP contribution is 2.45. The molecule has 5 unspecified atom stereocenters. The summed E-state index contributed by atoms with van der Waals surface area (Å²) in [6.45, 7) is 4.38. The van der Waals surface area contributed by atoms with Gasteiger partial charge in [0.1, 0.15) is 19.3 Å². The van der Waals surface area contributed by atoms with Gasteiger partial charge in [-0.2, -0.15) is 0 Å². The number of hydrogen-bond acceptors (Lipinski definition) is 15. The number of carbonyl (C=O) groups excluding carboxylic acids is 4. The topological polar surface area (TPSA) is 237 Å². The molecular formula is C81H134O17P2. The highest BCUT2D eigenvalue weighted by Gasteiger charge is 2.30. The van der Waals surface area contributed by atoms with Gasteiger partial charge in [0, 0.05) is 25.7 Å². The zero-order valence-electron chi connectivity index (χ0n) is 62.1. The number of phosphoric acid groups is 2. The van der Waals surface area contributed by atoms with E-state index in [-0.39, 0.29) is 25.7 Å². The molecule has 3 N–H and O–H groups in total. The molecule has 19 heteroatoms. The third kappa shape index (κ3) is 71.3. The van der Waals surface area contributed by atoms with E-state index in [0.29, 0.717) is 25.7 Å². The van der Waals surface area contributed by atoms with Gasteiger partial charge in [-0.05, 0) is 154 Å². The van der Waals surface area contributed by atoms with Crippen LogP contribution < -0.4 is 0 Å². The molecule has 0 bridgehead atoms. The first-order valence-electron chi connectivity index (χ1n) is 38.1. The van der Waals surface area contributed by atoms with E-state index in [9.17, 15) is 43.2 Å². The number of hydrogen-bond donors (Lipinski definition) is 3. The number of aliphatic hydroxyl groups excluding tert-OH is 1. The minimum Gasteiger partial charge on any atom is -0.462 e. The van der Waals surface area contributed by atoms with E-state index in [1.165, 1.54) is 12.8 Å². The van der Waals surface area contributed by atoms with Crippen LogP contribution in [-0.4, -0.2) is 96.7 Å². The quantitative estimate of drug-likeness (QED) is 0.0169. The fourth-order valence-corrected chi connectivity index (χ4v) is 11.1. The molecule has 17 nitrogen and oxygen atoms in total. The second-order valence-corrected chi connectivity index (χ2v) is 27.7. The summed E-state index contributed by atoms with van der Waals surface area (Å²) in [7, 11) is -9.98. The predicted octanol–water partition coefficient (Wildman–Crippen LogP) is 21.9. The molecule has 5 atom stereocenters. The first kappa shape index (κ1) is 94.9. The molecule has 570 valence electrons. The Morgan fingerprint density at radius 1 is 0.290 bits per heavy atom. The fourth-order valence-electron chi connectivity index (χ4n) is 9.55. The van der Waals surface area contributed by atoms with Crippen LogP contribution in [0.4, 0.5) is 0 Å². The van der Waals surface area contributed by atoms with Crippen LogP contribution in [0.3, 0.4) is 0 Å². The zero-order valence-corrected chi connectivity index (χ0v) is 63.9. The Balaban J connectivity index is 5.38. The van der Waals surface area contributed by atoms with Gasteiger partial charge in [0.25, 0.3) is 0 Å². The molecule has 0 spiro atoms. The van der Waals surface area contributed by atoms with E-state index in [1.807, 2.05) is 0 Å². The normalized spacial score (nSPS) is 14.8.